The second-order valence-corrected chi connectivity index (χ2v) is 5.20. The molecule has 0 N–H and O–H groups in total. The molecule has 3 rings (SSSR count). The molecule has 1 aliphatic heterocycles. The van der Waals surface area contributed by atoms with Crippen molar-refractivity contribution in [2.75, 3.05) is 0 Å². The molecule has 1 atom stereocenters. The zero-order valence-corrected chi connectivity index (χ0v) is 10.6. The summed E-state index contributed by atoms with van der Waals surface area (Å²) in [4.78, 5) is 37.0. The molecule has 1 fully saturated rings. The first-order valence-electron chi connectivity index (χ1n) is 6.56. The average Bonchev–Trinajstić information content (AvgIpc) is 2.38. The molecule has 0 saturated heterocycles. The zero-order valence-electron chi connectivity index (χ0n) is 10.6. The second kappa shape index (κ2) is 4.61. The molecule has 2 aliphatic rings. The van der Waals surface area contributed by atoms with E-state index in [1.54, 1.807) is 4.90 Å². The predicted octanol–water partition coefficient (Wildman–Crippen LogP) is 1.26. The number of nitrogens with zero attached hydrogens (tertiary/aromatic N) is 1. The second-order valence-electron chi connectivity index (χ2n) is 5.20. The number of fused-ring (bicyclic) bond motifs is 1. The monoisotopic (exact) mass is 257 g/mol. The fraction of sp³-hybridized carbons (Fsp3) is 0.400. The molecule has 1 aromatic carbocycles. The van der Waals surface area contributed by atoms with E-state index in [1.165, 1.54) is 0 Å². The van der Waals surface area contributed by atoms with E-state index in [0.717, 1.165) is 11.1 Å². The van der Waals surface area contributed by atoms with Crippen molar-refractivity contribution in [1.82, 2.24) is 4.90 Å². The van der Waals surface area contributed by atoms with Crippen LogP contribution in [-0.2, 0) is 27.3 Å². The summed E-state index contributed by atoms with van der Waals surface area (Å²) in [5, 5.41) is 0. The maximum absolute atomic E-state index is 12.2. The van der Waals surface area contributed by atoms with E-state index in [9.17, 15) is 14.4 Å². The zero-order chi connectivity index (χ0) is 13.4. The van der Waals surface area contributed by atoms with Crippen molar-refractivity contribution in [2.45, 2.75) is 38.3 Å². The first kappa shape index (κ1) is 12.1. The first-order chi connectivity index (χ1) is 9.15. The van der Waals surface area contributed by atoms with E-state index in [1.807, 2.05) is 24.3 Å². The summed E-state index contributed by atoms with van der Waals surface area (Å²) < 4.78 is 0. The normalized spacial score (nSPS) is 23.5. The van der Waals surface area contributed by atoms with Crippen LogP contribution in [0.25, 0.3) is 0 Å². The molecular formula is C15H15NO3. The lowest BCUT2D eigenvalue weighted by Gasteiger charge is -2.36. The van der Waals surface area contributed by atoms with Crippen LogP contribution in [0, 0.1) is 0 Å². The molecule has 1 unspecified atom stereocenters. The lowest BCUT2D eigenvalue weighted by Crippen LogP contribution is -2.49. The van der Waals surface area contributed by atoms with E-state index in [4.69, 9.17) is 0 Å². The molecule has 1 aliphatic carbocycles. The summed E-state index contributed by atoms with van der Waals surface area (Å²) in [5.41, 5.74) is 2.15. The Kier molecular flexibility index (Phi) is 2.93. The lowest BCUT2D eigenvalue weighted by molar-refractivity contribution is -0.144. The topological polar surface area (TPSA) is 54.5 Å². The minimum atomic E-state index is -0.404. The van der Waals surface area contributed by atoms with Gasteiger partial charge in [-0.15, -0.1) is 0 Å². The van der Waals surface area contributed by atoms with Gasteiger partial charge in [-0.1, -0.05) is 24.3 Å². The first-order valence-corrected chi connectivity index (χ1v) is 6.56. The van der Waals surface area contributed by atoms with Gasteiger partial charge in [-0.2, -0.15) is 0 Å². The average molecular weight is 257 g/mol. The van der Waals surface area contributed by atoms with Crippen molar-refractivity contribution < 1.29 is 14.4 Å². The lowest BCUT2D eigenvalue weighted by atomic mass is 9.89. The van der Waals surface area contributed by atoms with Crippen LogP contribution in [0.1, 0.15) is 30.4 Å². The van der Waals surface area contributed by atoms with Gasteiger partial charge in [0.15, 0.2) is 5.78 Å². The van der Waals surface area contributed by atoms with Crippen molar-refractivity contribution in [2.24, 2.45) is 0 Å². The van der Waals surface area contributed by atoms with E-state index in [-0.39, 0.29) is 23.9 Å². The van der Waals surface area contributed by atoms with E-state index in [2.05, 4.69) is 0 Å². The molecule has 1 aromatic rings. The molecule has 1 heterocycles. The summed E-state index contributed by atoms with van der Waals surface area (Å²) in [6.45, 7) is 0.486. The molecule has 0 bridgehead atoms. The summed E-state index contributed by atoms with van der Waals surface area (Å²) in [5.74, 6) is -0.124. The minimum Gasteiger partial charge on any atom is -0.328 e. The highest BCUT2D eigenvalue weighted by Crippen LogP contribution is 2.25. The number of hydrogen-bond donors (Lipinski definition) is 0. The molecule has 1 saturated carbocycles. The van der Waals surface area contributed by atoms with Crippen molar-refractivity contribution >= 4 is 17.5 Å². The number of ketones is 2. The number of carbonyl (C=O) groups excluding carboxylic acids is 3. The van der Waals surface area contributed by atoms with Crippen molar-refractivity contribution in [3.8, 4) is 0 Å². The van der Waals surface area contributed by atoms with Crippen LogP contribution < -0.4 is 0 Å². The molecule has 1 amide bonds. The Balaban J connectivity index is 1.85. The Bertz CT molecular complexity index is 564. The Morgan fingerprint density at radius 3 is 2.47 bits per heavy atom. The summed E-state index contributed by atoms with van der Waals surface area (Å²) >= 11 is 0. The van der Waals surface area contributed by atoms with Gasteiger partial charge in [0.25, 0.3) is 0 Å². The number of amides is 1. The Morgan fingerprint density at radius 1 is 1.00 bits per heavy atom. The fourth-order valence-corrected chi connectivity index (χ4v) is 2.89. The molecular weight excluding hydrogens is 242 g/mol. The molecule has 0 radical (unpaired) electrons. The maximum Gasteiger partial charge on any atom is 0.227 e. The Labute approximate surface area is 111 Å². The number of carbonyl (C=O) groups is 3. The van der Waals surface area contributed by atoms with E-state index < -0.39 is 6.04 Å². The van der Waals surface area contributed by atoms with Crippen LogP contribution in [0.5, 0.6) is 0 Å². The van der Waals surface area contributed by atoms with Gasteiger partial charge < -0.3 is 4.90 Å². The Morgan fingerprint density at radius 2 is 1.74 bits per heavy atom. The van der Waals surface area contributed by atoms with Crippen LogP contribution in [0.2, 0.25) is 0 Å². The highest BCUT2D eigenvalue weighted by atomic mass is 16.2. The molecule has 4 nitrogen and oxygen atoms in total. The molecule has 19 heavy (non-hydrogen) atoms. The van der Waals surface area contributed by atoms with Gasteiger partial charge in [-0.3, -0.25) is 14.4 Å². The van der Waals surface area contributed by atoms with Crippen LogP contribution in [-0.4, -0.2) is 28.4 Å². The third-order valence-corrected chi connectivity index (χ3v) is 3.94. The number of hydrogen-bond acceptors (Lipinski definition) is 3. The number of Topliss-reactive ketones (excluding diaryl/α,β-unsaturated/α-hetero) is 2. The number of rotatable bonds is 1. The van der Waals surface area contributed by atoms with Crippen LogP contribution >= 0.6 is 0 Å². The van der Waals surface area contributed by atoms with Gasteiger partial charge >= 0.3 is 0 Å². The van der Waals surface area contributed by atoms with Gasteiger partial charge in [0, 0.05) is 13.0 Å². The summed E-state index contributed by atoms with van der Waals surface area (Å²) in [6.07, 6.45) is 1.22. The smallest absolute Gasteiger partial charge is 0.227 e. The van der Waals surface area contributed by atoms with Gasteiger partial charge in [-0.25, -0.2) is 0 Å². The van der Waals surface area contributed by atoms with Gasteiger partial charge in [0.1, 0.15) is 5.78 Å². The number of benzene rings is 1. The summed E-state index contributed by atoms with van der Waals surface area (Å²) in [7, 11) is 0. The van der Waals surface area contributed by atoms with Crippen molar-refractivity contribution in [1.29, 1.82) is 0 Å². The highest BCUT2D eigenvalue weighted by molar-refractivity contribution is 6.05. The van der Waals surface area contributed by atoms with Crippen LogP contribution in [0.4, 0.5) is 0 Å². The highest BCUT2D eigenvalue weighted by Gasteiger charge is 2.36. The molecule has 0 spiro atoms. The van der Waals surface area contributed by atoms with E-state index in [0.29, 0.717) is 25.8 Å². The third-order valence-electron chi connectivity index (χ3n) is 3.94. The van der Waals surface area contributed by atoms with E-state index >= 15 is 0 Å². The van der Waals surface area contributed by atoms with Crippen molar-refractivity contribution in [3.05, 3.63) is 35.4 Å². The Hall–Kier alpha value is -1.97. The largest absolute Gasteiger partial charge is 0.328 e. The van der Waals surface area contributed by atoms with Gasteiger partial charge in [0.05, 0.1) is 18.9 Å². The summed E-state index contributed by atoms with van der Waals surface area (Å²) in [6, 6.07) is 7.41. The predicted molar refractivity (Wildman–Crippen MR) is 68.3 cm³/mol. The molecule has 0 aromatic heterocycles. The maximum atomic E-state index is 12.2. The molecule has 4 heteroatoms. The quantitative estimate of drug-likeness (QED) is 0.712. The SMILES string of the molecule is O=C1CCC(N2Cc3ccccc3CC2=O)C(=O)C1. The van der Waals surface area contributed by atoms with Crippen LogP contribution in [0.3, 0.4) is 0 Å². The molecule has 98 valence electrons. The van der Waals surface area contributed by atoms with Gasteiger partial charge in [0.2, 0.25) is 5.91 Å². The van der Waals surface area contributed by atoms with Crippen molar-refractivity contribution in [3.63, 3.8) is 0 Å². The van der Waals surface area contributed by atoms with Crippen LogP contribution in [0.15, 0.2) is 24.3 Å². The fourth-order valence-electron chi connectivity index (χ4n) is 2.89. The third kappa shape index (κ3) is 2.18. The standard InChI is InChI=1S/C15H15NO3/c17-12-5-6-13(14(18)8-12)16-9-11-4-2-1-3-10(11)7-15(16)19/h1-4,13H,5-9H2. The van der Waals surface area contributed by atoms with Gasteiger partial charge in [-0.05, 0) is 17.5 Å². The minimum absolute atomic E-state index is 0.00796.